The lowest BCUT2D eigenvalue weighted by molar-refractivity contribution is 0.0657. The molecule has 0 aromatic carbocycles. The average Bonchev–Trinajstić information content (AvgIpc) is 3.43. The Morgan fingerprint density at radius 2 is 2.07 bits per heavy atom. The third kappa shape index (κ3) is 5.35. The van der Waals surface area contributed by atoms with Gasteiger partial charge in [-0.1, -0.05) is 5.16 Å². The first-order valence-electron chi connectivity index (χ1n) is 9.92. The van der Waals surface area contributed by atoms with Crippen LogP contribution in [0.1, 0.15) is 49.1 Å². The maximum absolute atomic E-state index is 12.4. The number of amides is 1. The van der Waals surface area contributed by atoms with Crippen LogP contribution in [0.25, 0.3) is 0 Å². The molecule has 29 heavy (non-hydrogen) atoms. The van der Waals surface area contributed by atoms with E-state index < -0.39 is 0 Å². The Morgan fingerprint density at radius 3 is 2.72 bits per heavy atom. The molecule has 1 aliphatic heterocycles. The minimum absolute atomic E-state index is 0.0848. The summed E-state index contributed by atoms with van der Waals surface area (Å²) in [5, 5.41) is 7.24. The molecular weight excluding hydrogens is 376 g/mol. The van der Waals surface area contributed by atoms with Gasteiger partial charge in [0.2, 0.25) is 5.89 Å². The Kier molecular flexibility index (Phi) is 7.23. The highest BCUT2D eigenvalue weighted by Gasteiger charge is 2.25. The summed E-state index contributed by atoms with van der Waals surface area (Å²) in [4.78, 5) is 25.3. The number of nitrogens with zero attached hydrogens (tertiary/aromatic N) is 5. The van der Waals surface area contributed by atoms with Crippen LogP contribution in [0.4, 0.5) is 0 Å². The van der Waals surface area contributed by atoms with Crippen LogP contribution in [-0.4, -0.2) is 71.1 Å². The predicted molar refractivity (Wildman–Crippen MR) is 105 cm³/mol. The van der Waals surface area contributed by atoms with E-state index in [1.165, 1.54) is 6.26 Å². The number of carbonyl (C=O) groups is 1. The van der Waals surface area contributed by atoms with Gasteiger partial charge in [0.05, 0.1) is 6.26 Å². The smallest absolute Gasteiger partial charge is 0.289 e. The van der Waals surface area contributed by atoms with E-state index in [2.05, 4.69) is 25.3 Å². The van der Waals surface area contributed by atoms with Gasteiger partial charge in [-0.05, 0) is 32.9 Å². The lowest BCUT2D eigenvalue weighted by Crippen LogP contribution is -2.53. The van der Waals surface area contributed by atoms with Gasteiger partial charge in [-0.15, -0.1) is 0 Å². The quantitative estimate of drug-likeness (QED) is 0.548. The van der Waals surface area contributed by atoms with Crippen molar-refractivity contribution < 1.29 is 18.5 Å². The van der Waals surface area contributed by atoms with Gasteiger partial charge in [-0.2, -0.15) is 4.98 Å². The number of carbonyl (C=O) groups excluding carboxylic acids is 1. The Morgan fingerprint density at radius 1 is 1.31 bits per heavy atom. The van der Waals surface area contributed by atoms with Crippen molar-refractivity contribution in [3.63, 3.8) is 0 Å². The van der Waals surface area contributed by atoms with Crippen molar-refractivity contribution in [3.05, 3.63) is 35.9 Å². The highest BCUT2D eigenvalue weighted by atomic mass is 16.5. The Labute approximate surface area is 169 Å². The molecule has 10 heteroatoms. The van der Waals surface area contributed by atoms with E-state index >= 15 is 0 Å². The average molecular weight is 404 g/mol. The maximum atomic E-state index is 12.4. The summed E-state index contributed by atoms with van der Waals surface area (Å²) < 4.78 is 16.0. The first-order chi connectivity index (χ1) is 14.1. The molecule has 0 bridgehead atoms. The van der Waals surface area contributed by atoms with Crippen molar-refractivity contribution in [2.24, 2.45) is 4.99 Å². The molecule has 10 nitrogen and oxygen atoms in total. The van der Waals surface area contributed by atoms with E-state index in [4.69, 9.17) is 13.7 Å². The van der Waals surface area contributed by atoms with Gasteiger partial charge in [-0.3, -0.25) is 4.79 Å². The van der Waals surface area contributed by atoms with Crippen LogP contribution in [0.2, 0.25) is 0 Å². The molecule has 2 aromatic rings. The van der Waals surface area contributed by atoms with E-state index in [1.807, 2.05) is 20.8 Å². The van der Waals surface area contributed by atoms with Crippen LogP contribution in [0.15, 0.2) is 32.3 Å². The fourth-order valence-electron chi connectivity index (χ4n) is 3.07. The zero-order valence-corrected chi connectivity index (χ0v) is 17.1. The van der Waals surface area contributed by atoms with Crippen molar-refractivity contribution in [1.29, 1.82) is 0 Å². The second-order valence-corrected chi connectivity index (χ2v) is 6.57. The largest absolute Gasteiger partial charge is 0.459 e. The van der Waals surface area contributed by atoms with Crippen molar-refractivity contribution in [1.82, 2.24) is 25.3 Å². The Balaban J connectivity index is 1.58. The number of guanidine groups is 1. The number of nitrogens with one attached hydrogen (secondary N) is 1. The van der Waals surface area contributed by atoms with Crippen molar-refractivity contribution in [2.75, 3.05) is 39.3 Å². The standard InChI is InChI=1S/C19H28N6O4/c1-4-20-19(21-13-16-22-17(23-29-16)14(3)27-5-2)25-10-8-24(9-11-25)18(26)15-7-6-12-28-15/h6-7,12,14H,4-5,8-11,13H2,1-3H3,(H,20,21). The van der Waals surface area contributed by atoms with Crippen LogP contribution in [0.5, 0.6) is 0 Å². The summed E-state index contributed by atoms with van der Waals surface area (Å²) in [6.45, 7) is 9.97. The summed E-state index contributed by atoms with van der Waals surface area (Å²) in [7, 11) is 0. The van der Waals surface area contributed by atoms with Crippen LogP contribution in [-0.2, 0) is 11.3 Å². The van der Waals surface area contributed by atoms with Crippen molar-refractivity contribution in [3.8, 4) is 0 Å². The molecule has 1 N–H and O–H groups in total. The summed E-state index contributed by atoms with van der Waals surface area (Å²) in [6.07, 6.45) is 1.30. The number of ether oxygens (including phenoxy) is 1. The molecule has 0 spiro atoms. The Hall–Kier alpha value is -2.88. The molecule has 1 saturated heterocycles. The molecule has 0 saturated carbocycles. The van der Waals surface area contributed by atoms with Gasteiger partial charge in [0, 0.05) is 39.3 Å². The molecule has 3 heterocycles. The molecule has 2 aromatic heterocycles. The number of hydrogen-bond donors (Lipinski definition) is 1. The molecule has 0 aliphatic carbocycles. The molecule has 158 valence electrons. The minimum atomic E-state index is -0.213. The second-order valence-electron chi connectivity index (χ2n) is 6.57. The van der Waals surface area contributed by atoms with Crippen LogP contribution in [0.3, 0.4) is 0 Å². The summed E-state index contributed by atoms with van der Waals surface area (Å²) >= 11 is 0. The molecule has 1 atom stereocenters. The van der Waals surface area contributed by atoms with E-state index in [0.29, 0.717) is 50.3 Å². The zero-order valence-electron chi connectivity index (χ0n) is 17.1. The third-order valence-electron chi connectivity index (χ3n) is 4.56. The molecule has 1 fully saturated rings. The second kappa shape index (κ2) is 10.1. The van der Waals surface area contributed by atoms with Gasteiger partial charge < -0.3 is 28.8 Å². The third-order valence-corrected chi connectivity index (χ3v) is 4.56. The van der Waals surface area contributed by atoms with E-state index in [-0.39, 0.29) is 18.6 Å². The van der Waals surface area contributed by atoms with Crippen molar-refractivity contribution in [2.45, 2.75) is 33.4 Å². The number of rotatable bonds is 7. The molecule has 1 amide bonds. The van der Waals surface area contributed by atoms with Crippen LogP contribution in [0, 0.1) is 0 Å². The van der Waals surface area contributed by atoms with Gasteiger partial charge in [0.25, 0.3) is 5.91 Å². The topological polar surface area (TPSA) is 109 Å². The number of hydrogen-bond acceptors (Lipinski definition) is 7. The van der Waals surface area contributed by atoms with Gasteiger partial charge in [0.1, 0.15) is 12.6 Å². The highest BCUT2D eigenvalue weighted by molar-refractivity contribution is 5.91. The Bertz CT molecular complexity index is 795. The predicted octanol–water partition coefficient (Wildman–Crippen LogP) is 1.68. The van der Waals surface area contributed by atoms with Crippen LogP contribution < -0.4 is 5.32 Å². The molecule has 3 rings (SSSR count). The fourth-order valence-corrected chi connectivity index (χ4v) is 3.07. The number of piperazine rings is 1. The highest BCUT2D eigenvalue weighted by Crippen LogP contribution is 2.13. The number of aliphatic imine (C=N–C) groups is 1. The first kappa shape index (κ1) is 20.8. The van der Waals surface area contributed by atoms with Crippen molar-refractivity contribution >= 4 is 11.9 Å². The molecule has 0 radical (unpaired) electrons. The van der Waals surface area contributed by atoms with E-state index in [1.54, 1.807) is 17.0 Å². The van der Waals surface area contributed by atoms with E-state index in [9.17, 15) is 4.79 Å². The lowest BCUT2D eigenvalue weighted by Gasteiger charge is -2.36. The summed E-state index contributed by atoms with van der Waals surface area (Å²) in [6, 6.07) is 3.41. The molecular formula is C19H28N6O4. The fraction of sp³-hybridized carbons (Fsp3) is 0.579. The van der Waals surface area contributed by atoms with Gasteiger partial charge in [-0.25, -0.2) is 4.99 Å². The van der Waals surface area contributed by atoms with Gasteiger partial charge >= 0.3 is 0 Å². The van der Waals surface area contributed by atoms with Crippen LogP contribution >= 0.6 is 0 Å². The number of aromatic nitrogens is 2. The number of furan rings is 1. The van der Waals surface area contributed by atoms with E-state index in [0.717, 1.165) is 12.5 Å². The normalized spacial score (nSPS) is 16.2. The molecule has 1 unspecified atom stereocenters. The first-order valence-corrected chi connectivity index (χ1v) is 9.92. The summed E-state index contributed by atoms with van der Waals surface area (Å²) in [5.41, 5.74) is 0. The molecule has 1 aliphatic rings. The maximum Gasteiger partial charge on any atom is 0.289 e. The SMILES string of the molecule is CCNC(=NCc1nc(C(C)OCC)no1)N1CCN(C(=O)c2ccco2)CC1. The van der Waals surface area contributed by atoms with Gasteiger partial charge in [0.15, 0.2) is 17.5 Å². The summed E-state index contributed by atoms with van der Waals surface area (Å²) in [5.74, 6) is 2.00. The minimum Gasteiger partial charge on any atom is -0.459 e. The lowest BCUT2D eigenvalue weighted by atomic mass is 10.3. The monoisotopic (exact) mass is 404 g/mol. The zero-order chi connectivity index (χ0) is 20.6.